The number of hydrogen-bond acceptors (Lipinski definition) is 3. The second-order valence-corrected chi connectivity index (χ2v) is 4.75. The Bertz CT molecular complexity index is 500. The highest BCUT2D eigenvalue weighted by molar-refractivity contribution is 5.72. The molecule has 0 amide bonds. The van der Waals surface area contributed by atoms with E-state index < -0.39 is 0 Å². The molecule has 0 unspecified atom stereocenters. The molecular formula is C15H15NO2. The Morgan fingerprint density at radius 2 is 2.17 bits per heavy atom. The van der Waals surface area contributed by atoms with Crippen molar-refractivity contribution in [3.8, 4) is 11.8 Å². The monoisotopic (exact) mass is 241 g/mol. The van der Waals surface area contributed by atoms with Crippen LogP contribution in [0.1, 0.15) is 12.0 Å². The first-order valence-corrected chi connectivity index (χ1v) is 6.27. The van der Waals surface area contributed by atoms with Crippen molar-refractivity contribution in [2.45, 2.75) is 19.1 Å². The number of rotatable bonds is 4. The number of nitrogens with zero attached hydrogens (tertiary/aromatic N) is 1. The number of carbonyl (C=O) groups is 1. The highest BCUT2D eigenvalue weighted by atomic mass is 16.5. The lowest BCUT2D eigenvalue weighted by molar-refractivity contribution is -0.146. The van der Waals surface area contributed by atoms with Crippen molar-refractivity contribution in [1.82, 2.24) is 4.90 Å². The fraction of sp³-hybridized carbons (Fsp3) is 0.400. The van der Waals surface area contributed by atoms with Crippen LogP contribution in [0.3, 0.4) is 0 Å². The zero-order chi connectivity index (χ0) is 12.4. The lowest BCUT2D eigenvalue weighted by Gasteiger charge is -2.24. The minimum Gasteiger partial charge on any atom is -0.460 e. The maximum atomic E-state index is 11.7. The third-order valence-electron chi connectivity index (χ3n) is 3.49. The van der Waals surface area contributed by atoms with Crippen molar-refractivity contribution in [3.05, 3.63) is 35.9 Å². The quantitative estimate of drug-likeness (QED) is 0.590. The molecule has 0 aromatic heterocycles. The molecule has 1 aromatic carbocycles. The van der Waals surface area contributed by atoms with Crippen LogP contribution in [0.4, 0.5) is 0 Å². The van der Waals surface area contributed by atoms with E-state index in [0.29, 0.717) is 25.1 Å². The number of ether oxygens (including phenoxy) is 1. The molecular weight excluding hydrogens is 226 g/mol. The van der Waals surface area contributed by atoms with Gasteiger partial charge in [-0.25, -0.2) is 0 Å². The molecule has 1 aliphatic carbocycles. The van der Waals surface area contributed by atoms with E-state index in [4.69, 9.17) is 4.74 Å². The van der Waals surface area contributed by atoms with E-state index in [1.807, 2.05) is 30.3 Å². The lowest BCUT2D eigenvalue weighted by atomic mass is 9.93. The molecule has 1 aliphatic heterocycles. The van der Waals surface area contributed by atoms with Crippen LogP contribution < -0.4 is 0 Å². The summed E-state index contributed by atoms with van der Waals surface area (Å²) in [5, 5.41) is 0. The predicted octanol–water partition coefficient (Wildman–Crippen LogP) is 1.44. The van der Waals surface area contributed by atoms with Crippen molar-refractivity contribution >= 4 is 5.97 Å². The summed E-state index contributed by atoms with van der Waals surface area (Å²) in [5.41, 5.74) is 1.02. The summed E-state index contributed by atoms with van der Waals surface area (Å²) in [4.78, 5) is 13.9. The van der Waals surface area contributed by atoms with Crippen molar-refractivity contribution in [1.29, 1.82) is 0 Å². The molecule has 3 nitrogen and oxygen atoms in total. The van der Waals surface area contributed by atoms with Gasteiger partial charge < -0.3 is 4.74 Å². The molecule has 0 radical (unpaired) electrons. The van der Waals surface area contributed by atoms with E-state index in [-0.39, 0.29) is 5.97 Å². The van der Waals surface area contributed by atoms with Crippen LogP contribution in [0, 0.1) is 17.8 Å². The first-order chi connectivity index (χ1) is 8.83. The van der Waals surface area contributed by atoms with Gasteiger partial charge in [0.15, 0.2) is 0 Å². The molecule has 1 saturated heterocycles. The summed E-state index contributed by atoms with van der Waals surface area (Å²) >= 11 is 0. The molecule has 0 spiro atoms. The van der Waals surface area contributed by atoms with E-state index >= 15 is 0 Å². The fourth-order valence-corrected chi connectivity index (χ4v) is 2.42. The van der Waals surface area contributed by atoms with E-state index in [2.05, 4.69) is 16.7 Å². The van der Waals surface area contributed by atoms with Gasteiger partial charge in [-0.2, -0.15) is 0 Å². The summed E-state index contributed by atoms with van der Waals surface area (Å²) in [6.45, 7) is 1.66. The van der Waals surface area contributed by atoms with Gasteiger partial charge in [-0.3, -0.25) is 9.69 Å². The second kappa shape index (κ2) is 4.83. The summed E-state index contributed by atoms with van der Waals surface area (Å²) in [6.07, 6.45) is 1.09. The lowest BCUT2D eigenvalue weighted by Crippen LogP contribution is -2.39. The van der Waals surface area contributed by atoms with E-state index in [1.165, 1.54) is 0 Å². The Labute approximate surface area is 107 Å². The Balaban J connectivity index is 1.47. The largest absolute Gasteiger partial charge is 0.460 e. The SMILES string of the molecule is O=C(CN1CC[C@H]2C#C[C@H]21)OCc1ccccc1. The van der Waals surface area contributed by atoms with Crippen LogP contribution in [-0.2, 0) is 16.1 Å². The number of fused-ring (bicyclic) bond motifs is 1. The Morgan fingerprint density at radius 1 is 1.33 bits per heavy atom. The highest BCUT2D eigenvalue weighted by Gasteiger charge is 2.37. The van der Waals surface area contributed by atoms with Crippen LogP contribution in [0.25, 0.3) is 0 Å². The Kier molecular flexibility index (Phi) is 3.04. The van der Waals surface area contributed by atoms with Gasteiger partial charge in [0.25, 0.3) is 0 Å². The number of esters is 1. The normalized spacial score (nSPS) is 24.7. The van der Waals surface area contributed by atoms with Crippen LogP contribution in [-0.4, -0.2) is 30.0 Å². The Morgan fingerprint density at radius 3 is 2.83 bits per heavy atom. The molecule has 2 atom stereocenters. The molecule has 1 heterocycles. The van der Waals surface area contributed by atoms with Gasteiger partial charge in [0.1, 0.15) is 6.61 Å². The van der Waals surface area contributed by atoms with Crippen molar-refractivity contribution < 1.29 is 9.53 Å². The molecule has 3 heteroatoms. The van der Waals surface area contributed by atoms with Crippen molar-refractivity contribution in [2.24, 2.45) is 5.92 Å². The minimum absolute atomic E-state index is 0.159. The molecule has 0 N–H and O–H groups in total. The van der Waals surface area contributed by atoms with Gasteiger partial charge in [0, 0.05) is 12.5 Å². The minimum atomic E-state index is -0.159. The predicted molar refractivity (Wildman–Crippen MR) is 67.5 cm³/mol. The molecule has 92 valence electrons. The summed E-state index contributed by atoms with van der Waals surface area (Å²) in [6, 6.07) is 10.0. The van der Waals surface area contributed by atoms with Gasteiger partial charge in [-0.05, 0) is 12.0 Å². The van der Waals surface area contributed by atoms with E-state index in [0.717, 1.165) is 18.5 Å². The van der Waals surface area contributed by atoms with Crippen molar-refractivity contribution in [2.75, 3.05) is 13.1 Å². The van der Waals surface area contributed by atoms with Gasteiger partial charge in [-0.15, -0.1) is 0 Å². The number of hydrogen-bond donors (Lipinski definition) is 0. The highest BCUT2D eigenvalue weighted by Crippen LogP contribution is 2.28. The van der Waals surface area contributed by atoms with E-state index in [9.17, 15) is 4.79 Å². The Hall–Kier alpha value is -1.79. The van der Waals surface area contributed by atoms with Crippen LogP contribution in [0.2, 0.25) is 0 Å². The van der Waals surface area contributed by atoms with Gasteiger partial charge in [0.05, 0.1) is 12.6 Å². The number of benzene rings is 1. The van der Waals surface area contributed by atoms with E-state index in [1.54, 1.807) is 0 Å². The summed E-state index contributed by atoms with van der Waals surface area (Å²) < 4.78 is 5.27. The van der Waals surface area contributed by atoms with Crippen LogP contribution >= 0.6 is 0 Å². The fourth-order valence-electron chi connectivity index (χ4n) is 2.42. The molecule has 2 aliphatic rings. The average Bonchev–Trinajstić information content (AvgIpc) is 2.62. The molecule has 3 rings (SSSR count). The summed E-state index contributed by atoms with van der Waals surface area (Å²) in [7, 11) is 0. The first kappa shape index (κ1) is 11.3. The van der Waals surface area contributed by atoms with Gasteiger partial charge >= 0.3 is 5.97 Å². The molecule has 1 aromatic rings. The maximum absolute atomic E-state index is 11.7. The number of likely N-dealkylation sites (tertiary alicyclic amines) is 1. The maximum Gasteiger partial charge on any atom is 0.320 e. The first-order valence-electron chi connectivity index (χ1n) is 6.27. The third-order valence-corrected chi connectivity index (χ3v) is 3.49. The third kappa shape index (κ3) is 2.25. The number of carbonyl (C=O) groups excluding carboxylic acids is 1. The molecule has 0 saturated carbocycles. The van der Waals surface area contributed by atoms with Crippen molar-refractivity contribution in [3.63, 3.8) is 0 Å². The smallest absolute Gasteiger partial charge is 0.320 e. The van der Waals surface area contributed by atoms with Crippen LogP contribution in [0.15, 0.2) is 30.3 Å². The molecule has 18 heavy (non-hydrogen) atoms. The standard InChI is InChI=1S/C15H15NO2/c17-15(18-11-12-4-2-1-3-5-12)10-16-9-8-13-6-7-14(13)16/h1-5,13-14H,8-11H2/t13-,14-/m1/s1. The average molecular weight is 241 g/mol. The second-order valence-electron chi connectivity index (χ2n) is 4.75. The topological polar surface area (TPSA) is 29.5 Å². The summed E-state index contributed by atoms with van der Waals surface area (Å²) in [5.74, 6) is 6.56. The van der Waals surface area contributed by atoms with Gasteiger partial charge in [-0.1, -0.05) is 42.2 Å². The van der Waals surface area contributed by atoms with Gasteiger partial charge in [0.2, 0.25) is 0 Å². The van der Waals surface area contributed by atoms with Crippen LogP contribution in [0.5, 0.6) is 0 Å². The zero-order valence-corrected chi connectivity index (χ0v) is 10.1. The molecule has 1 fully saturated rings. The zero-order valence-electron chi connectivity index (χ0n) is 10.1. The molecule has 0 bridgehead atoms.